The summed E-state index contributed by atoms with van der Waals surface area (Å²) in [6, 6.07) is 6.21. The molecule has 1 aliphatic rings. The Morgan fingerprint density at radius 2 is 2.00 bits per heavy atom. The van der Waals surface area contributed by atoms with Crippen molar-refractivity contribution >= 4 is 18.3 Å². The molecule has 1 saturated heterocycles. The van der Waals surface area contributed by atoms with Crippen molar-refractivity contribution in [1.82, 2.24) is 10.2 Å². The molecule has 136 valence electrons. The predicted molar refractivity (Wildman–Crippen MR) is 87.3 cm³/mol. The van der Waals surface area contributed by atoms with Crippen LogP contribution < -0.4 is 10.1 Å². The minimum Gasteiger partial charge on any atom is -0.406 e. The monoisotopic (exact) mass is 366 g/mol. The van der Waals surface area contributed by atoms with Crippen LogP contribution >= 0.6 is 12.4 Å². The van der Waals surface area contributed by atoms with E-state index in [0.29, 0.717) is 12.1 Å². The van der Waals surface area contributed by atoms with Crippen molar-refractivity contribution in [3.05, 3.63) is 29.8 Å². The van der Waals surface area contributed by atoms with Crippen molar-refractivity contribution in [2.45, 2.75) is 45.1 Å². The molecular weight excluding hydrogens is 345 g/mol. The first-order valence-electron chi connectivity index (χ1n) is 7.64. The Labute approximate surface area is 145 Å². The van der Waals surface area contributed by atoms with E-state index in [1.807, 2.05) is 13.8 Å². The first-order chi connectivity index (χ1) is 10.8. The van der Waals surface area contributed by atoms with E-state index in [0.717, 1.165) is 6.54 Å². The summed E-state index contributed by atoms with van der Waals surface area (Å²) in [5, 5.41) is 3.29. The highest BCUT2D eigenvalue weighted by Crippen LogP contribution is 2.27. The molecule has 2 atom stereocenters. The lowest BCUT2D eigenvalue weighted by molar-refractivity contribution is -0.274. The lowest BCUT2D eigenvalue weighted by atomic mass is 10.0. The van der Waals surface area contributed by atoms with Crippen LogP contribution in [0.3, 0.4) is 0 Å². The average Bonchev–Trinajstić information content (AvgIpc) is 2.47. The number of para-hydroxylation sites is 1. The summed E-state index contributed by atoms with van der Waals surface area (Å²) in [6.45, 7) is 5.32. The Hall–Kier alpha value is -1.47. The average molecular weight is 367 g/mol. The van der Waals surface area contributed by atoms with Gasteiger partial charge in [0.05, 0.1) is 0 Å². The van der Waals surface area contributed by atoms with Crippen LogP contribution in [0.15, 0.2) is 24.3 Å². The van der Waals surface area contributed by atoms with Crippen LogP contribution in [0.25, 0.3) is 0 Å². The van der Waals surface area contributed by atoms with Crippen LogP contribution in [0.4, 0.5) is 13.2 Å². The molecule has 1 aromatic rings. The molecule has 0 radical (unpaired) electrons. The molecule has 0 saturated carbocycles. The van der Waals surface area contributed by atoms with Crippen molar-refractivity contribution in [3.63, 3.8) is 0 Å². The van der Waals surface area contributed by atoms with Crippen LogP contribution in [0, 0.1) is 0 Å². The molecule has 1 heterocycles. The van der Waals surface area contributed by atoms with Crippen LogP contribution in [0.2, 0.25) is 0 Å². The Morgan fingerprint density at radius 3 is 2.67 bits per heavy atom. The highest BCUT2D eigenvalue weighted by molar-refractivity contribution is 5.85. The van der Waals surface area contributed by atoms with Crippen molar-refractivity contribution in [2.24, 2.45) is 0 Å². The van der Waals surface area contributed by atoms with Crippen LogP contribution in [-0.4, -0.2) is 42.3 Å². The van der Waals surface area contributed by atoms with E-state index in [1.165, 1.54) is 12.1 Å². The lowest BCUT2D eigenvalue weighted by Gasteiger charge is -2.38. The maximum absolute atomic E-state index is 12.4. The van der Waals surface area contributed by atoms with E-state index in [2.05, 4.69) is 10.1 Å². The molecule has 4 nitrogen and oxygen atoms in total. The van der Waals surface area contributed by atoms with E-state index in [1.54, 1.807) is 17.0 Å². The molecule has 2 rings (SSSR count). The fraction of sp³-hybridized carbons (Fsp3) is 0.562. The number of piperazine rings is 1. The molecule has 1 N–H and O–H groups in total. The Morgan fingerprint density at radius 1 is 1.33 bits per heavy atom. The van der Waals surface area contributed by atoms with Gasteiger partial charge in [0.1, 0.15) is 5.75 Å². The topological polar surface area (TPSA) is 41.6 Å². The molecular formula is C16H22ClF3N2O2. The summed E-state index contributed by atoms with van der Waals surface area (Å²) < 4.78 is 41.2. The molecule has 1 amide bonds. The summed E-state index contributed by atoms with van der Waals surface area (Å²) in [6.07, 6.45) is -4.35. The molecule has 0 aliphatic carbocycles. The smallest absolute Gasteiger partial charge is 0.406 e. The van der Waals surface area contributed by atoms with E-state index in [4.69, 9.17) is 0 Å². The maximum Gasteiger partial charge on any atom is 0.573 e. The number of hydrogen-bond donors (Lipinski definition) is 1. The van der Waals surface area contributed by atoms with Gasteiger partial charge in [-0.05, 0) is 31.9 Å². The van der Waals surface area contributed by atoms with Crippen LogP contribution in [0.5, 0.6) is 5.75 Å². The molecule has 0 aromatic heterocycles. The van der Waals surface area contributed by atoms with Crippen molar-refractivity contribution in [2.75, 3.05) is 13.1 Å². The van der Waals surface area contributed by atoms with E-state index in [9.17, 15) is 18.0 Å². The summed E-state index contributed by atoms with van der Waals surface area (Å²) in [5.74, 6) is -0.290. The largest absolute Gasteiger partial charge is 0.573 e. The van der Waals surface area contributed by atoms with Crippen molar-refractivity contribution in [1.29, 1.82) is 0 Å². The van der Waals surface area contributed by atoms with Gasteiger partial charge in [-0.1, -0.05) is 18.2 Å². The number of rotatable bonds is 4. The number of ether oxygens (including phenoxy) is 1. The van der Waals surface area contributed by atoms with Gasteiger partial charge in [-0.2, -0.15) is 0 Å². The quantitative estimate of drug-likeness (QED) is 0.890. The number of halogens is 4. The van der Waals surface area contributed by atoms with Gasteiger partial charge >= 0.3 is 6.36 Å². The van der Waals surface area contributed by atoms with Crippen molar-refractivity contribution in [3.8, 4) is 5.75 Å². The minimum atomic E-state index is -4.73. The van der Waals surface area contributed by atoms with Gasteiger partial charge in [0.25, 0.3) is 0 Å². The fourth-order valence-electron chi connectivity index (χ4n) is 2.73. The second-order valence-electron chi connectivity index (χ2n) is 5.73. The summed E-state index contributed by atoms with van der Waals surface area (Å²) in [4.78, 5) is 14.1. The lowest BCUT2D eigenvalue weighted by Crippen LogP contribution is -2.57. The predicted octanol–water partition coefficient (Wildman–Crippen LogP) is 3.15. The van der Waals surface area contributed by atoms with Gasteiger partial charge in [0.2, 0.25) is 5.91 Å². The number of hydrogen-bond acceptors (Lipinski definition) is 3. The zero-order valence-electron chi connectivity index (χ0n) is 13.6. The van der Waals surface area contributed by atoms with Gasteiger partial charge in [0.15, 0.2) is 0 Å². The van der Waals surface area contributed by atoms with Gasteiger partial charge in [0, 0.05) is 31.6 Å². The molecule has 0 spiro atoms. The summed E-state index contributed by atoms with van der Waals surface area (Å²) >= 11 is 0. The number of nitrogens with zero attached hydrogens (tertiary/aromatic N) is 1. The van der Waals surface area contributed by atoms with Gasteiger partial charge < -0.3 is 15.0 Å². The van der Waals surface area contributed by atoms with Gasteiger partial charge in [-0.15, -0.1) is 25.6 Å². The minimum absolute atomic E-state index is 0. The highest BCUT2D eigenvalue weighted by atomic mass is 35.5. The first kappa shape index (κ1) is 20.6. The van der Waals surface area contributed by atoms with Crippen LogP contribution in [0.1, 0.15) is 25.8 Å². The first-order valence-corrected chi connectivity index (χ1v) is 7.64. The molecule has 1 aliphatic heterocycles. The van der Waals surface area contributed by atoms with Crippen molar-refractivity contribution < 1.29 is 22.7 Å². The summed E-state index contributed by atoms with van der Waals surface area (Å²) in [5.41, 5.74) is 0.383. The van der Waals surface area contributed by atoms with E-state index >= 15 is 0 Å². The SMILES string of the molecule is CC1NCCN(C(=O)CCc2ccccc2OC(F)(F)F)C1C.Cl. The second-order valence-corrected chi connectivity index (χ2v) is 5.73. The number of amides is 1. The van der Waals surface area contributed by atoms with E-state index in [-0.39, 0.29) is 49.0 Å². The van der Waals surface area contributed by atoms with E-state index < -0.39 is 6.36 Å². The van der Waals surface area contributed by atoms with Crippen LogP contribution in [-0.2, 0) is 11.2 Å². The third kappa shape index (κ3) is 5.56. The standard InChI is InChI=1S/C16H21F3N2O2.ClH/c1-11-12(2)21(10-9-20-11)15(22)8-7-13-5-3-4-6-14(13)23-16(17,18)19;/h3-6,11-12,20H,7-10H2,1-2H3;1H. The molecule has 1 aromatic carbocycles. The fourth-order valence-corrected chi connectivity index (χ4v) is 2.73. The molecule has 8 heteroatoms. The number of aryl methyl sites for hydroxylation is 1. The number of carbonyl (C=O) groups is 1. The number of carbonyl (C=O) groups excluding carboxylic acids is 1. The van der Waals surface area contributed by atoms with Gasteiger partial charge in [-0.3, -0.25) is 4.79 Å². The van der Waals surface area contributed by atoms with Gasteiger partial charge in [-0.25, -0.2) is 0 Å². The normalized spacial score (nSPS) is 21.1. The Balaban J connectivity index is 0.00000288. The number of alkyl halides is 3. The Bertz CT molecular complexity index is 554. The summed E-state index contributed by atoms with van der Waals surface area (Å²) in [7, 11) is 0. The number of benzene rings is 1. The molecule has 0 bridgehead atoms. The zero-order valence-corrected chi connectivity index (χ0v) is 14.4. The molecule has 1 fully saturated rings. The Kier molecular flexibility index (Phi) is 7.35. The second kappa shape index (κ2) is 8.58. The molecule has 24 heavy (non-hydrogen) atoms. The molecule has 2 unspecified atom stereocenters. The number of nitrogens with one attached hydrogen (secondary N) is 1. The zero-order chi connectivity index (χ0) is 17.0. The third-order valence-corrected chi connectivity index (χ3v) is 4.16. The highest BCUT2D eigenvalue weighted by Gasteiger charge is 2.32. The maximum atomic E-state index is 12.4. The third-order valence-electron chi connectivity index (χ3n) is 4.16.